The molecule has 0 aromatic carbocycles. The molecule has 1 heterocycles. The molecule has 1 aromatic rings. The van der Waals surface area contributed by atoms with E-state index in [-0.39, 0.29) is 11.7 Å². The first-order chi connectivity index (χ1) is 7.64. The monoisotopic (exact) mass is 269 g/mol. The number of aromatic nitrogens is 2. The maximum absolute atomic E-state index is 12.5. The molecule has 0 spiro atoms. The Morgan fingerprint density at radius 1 is 1.47 bits per heavy atom. The van der Waals surface area contributed by atoms with Crippen molar-refractivity contribution in [3.8, 4) is 0 Å². The van der Waals surface area contributed by atoms with Gasteiger partial charge in [0.05, 0.1) is 0 Å². The van der Waals surface area contributed by atoms with Crippen molar-refractivity contribution in [1.29, 1.82) is 0 Å². The van der Waals surface area contributed by atoms with Gasteiger partial charge in [-0.15, -0.1) is 0 Å². The largest absolute Gasteiger partial charge is 0.436 e. The fourth-order valence-corrected chi connectivity index (χ4v) is 1.61. The van der Waals surface area contributed by atoms with Crippen LogP contribution in [0.3, 0.4) is 0 Å². The van der Waals surface area contributed by atoms with Crippen molar-refractivity contribution in [2.45, 2.75) is 26.1 Å². The van der Waals surface area contributed by atoms with Crippen molar-refractivity contribution < 1.29 is 18.0 Å². The van der Waals surface area contributed by atoms with Gasteiger partial charge >= 0.3 is 6.18 Å². The summed E-state index contributed by atoms with van der Waals surface area (Å²) in [5.41, 5.74) is -1.55. The molecule has 0 saturated heterocycles. The van der Waals surface area contributed by atoms with Gasteiger partial charge in [0.1, 0.15) is 10.7 Å². The first-order valence-electron chi connectivity index (χ1n) is 4.75. The highest BCUT2D eigenvalue weighted by atomic mass is 35.5. The number of alkyl halides is 3. The van der Waals surface area contributed by atoms with E-state index in [0.717, 1.165) is 4.68 Å². The number of halogens is 4. The van der Waals surface area contributed by atoms with Crippen LogP contribution in [0.4, 0.5) is 13.2 Å². The lowest BCUT2D eigenvalue weighted by atomic mass is 10.3. The fourth-order valence-electron chi connectivity index (χ4n) is 1.26. The standard InChI is InChI=1S/C9H11ClF3N3O/c1-4(2)14-8(17)6-5(10)7(9(11,12)13)15-16(6)3/h4H,1-3H3,(H,14,17). The molecular formula is C9H11ClF3N3O. The molecule has 0 aliphatic rings. The molecule has 1 N–H and O–H groups in total. The van der Waals surface area contributed by atoms with Crippen LogP contribution in [0.2, 0.25) is 5.02 Å². The summed E-state index contributed by atoms with van der Waals surface area (Å²) in [7, 11) is 1.23. The van der Waals surface area contributed by atoms with E-state index >= 15 is 0 Å². The topological polar surface area (TPSA) is 46.9 Å². The highest BCUT2D eigenvalue weighted by Crippen LogP contribution is 2.35. The SMILES string of the molecule is CC(C)NC(=O)c1c(Cl)c(C(F)(F)F)nn1C. The summed E-state index contributed by atoms with van der Waals surface area (Å²) in [5, 5.41) is 4.98. The second kappa shape index (κ2) is 4.56. The lowest BCUT2D eigenvalue weighted by molar-refractivity contribution is -0.141. The van der Waals surface area contributed by atoms with Crippen molar-refractivity contribution in [2.75, 3.05) is 0 Å². The molecule has 4 nitrogen and oxygen atoms in total. The van der Waals surface area contributed by atoms with Gasteiger partial charge in [-0.05, 0) is 13.8 Å². The van der Waals surface area contributed by atoms with Crippen molar-refractivity contribution in [3.05, 3.63) is 16.4 Å². The van der Waals surface area contributed by atoms with Gasteiger partial charge in [-0.2, -0.15) is 18.3 Å². The molecule has 0 bridgehead atoms. The molecule has 0 unspecified atom stereocenters. The summed E-state index contributed by atoms with van der Waals surface area (Å²) in [4.78, 5) is 11.6. The van der Waals surface area contributed by atoms with E-state index in [4.69, 9.17) is 11.6 Å². The van der Waals surface area contributed by atoms with Crippen LogP contribution in [-0.2, 0) is 13.2 Å². The van der Waals surface area contributed by atoms with Gasteiger partial charge in [-0.1, -0.05) is 11.6 Å². The molecule has 0 saturated carbocycles. The van der Waals surface area contributed by atoms with E-state index in [2.05, 4.69) is 10.4 Å². The first kappa shape index (κ1) is 13.8. The zero-order valence-corrected chi connectivity index (χ0v) is 10.1. The summed E-state index contributed by atoms with van der Waals surface area (Å²) >= 11 is 5.53. The van der Waals surface area contributed by atoms with Crippen LogP contribution in [0.1, 0.15) is 30.0 Å². The second-order valence-corrected chi connectivity index (χ2v) is 4.14. The van der Waals surface area contributed by atoms with Crippen LogP contribution in [0.5, 0.6) is 0 Å². The Bertz CT molecular complexity index is 439. The third kappa shape index (κ3) is 2.91. The average molecular weight is 270 g/mol. The zero-order chi connectivity index (χ0) is 13.4. The highest BCUT2D eigenvalue weighted by molar-refractivity contribution is 6.34. The summed E-state index contributed by atoms with van der Waals surface area (Å²) in [6.45, 7) is 3.37. The van der Waals surface area contributed by atoms with Crippen LogP contribution >= 0.6 is 11.6 Å². The molecule has 1 aromatic heterocycles. The van der Waals surface area contributed by atoms with Gasteiger partial charge in [0.15, 0.2) is 5.69 Å². The van der Waals surface area contributed by atoms with Crippen LogP contribution in [0.25, 0.3) is 0 Å². The number of nitrogens with one attached hydrogen (secondary N) is 1. The van der Waals surface area contributed by atoms with Gasteiger partial charge in [0.2, 0.25) is 0 Å². The Morgan fingerprint density at radius 2 is 2.00 bits per heavy atom. The van der Waals surface area contributed by atoms with E-state index in [9.17, 15) is 18.0 Å². The molecule has 1 amide bonds. The Balaban J connectivity index is 3.19. The average Bonchev–Trinajstić information content (AvgIpc) is 2.39. The van der Waals surface area contributed by atoms with E-state index < -0.39 is 22.8 Å². The highest BCUT2D eigenvalue weighted by Gasteiger charge is 2.39. The van der Waals surface area contributed by atoms with E-state index in [1.54, 1.807) is 13.8 Å². The van der Waals surface area contributed by atoms with Gasteiger partial charge in [0, 0.05) is 13.1 Å². The van der Waals surface area contributed by atoms with Crippen molar-refractivity contribution in [1.82, 2.24) is 15.1 Å². The first-order valence-corrected chi connectivity index (χ1v) is 5.13. The third-order valence-electron chi connectivity index (χ3n) is 1.89. The Labute approximate surface area is 101 Å². The normalized spacial score (nSPS) is 12.0. The lowest BCUT2D eigenvalue weighted by Crippen LogP contribution is -2.31. The molecule has 0 atom stereocenters. The van der Waals surface area contributed by atoms with Crippen molar-refractivity contribution in [3.63, 3.8) is 0 Å². The summed E-state index contributed by atoms with van der Waals surface area (Å²) in [5.74, 6) is -0.685. The summed E-state index contributed by atoms with van der Waals surface area (Å²) in [6.07, 6.45) is -4.68. The third-order valence-corrected chi connectivity index (χ3v) is 2.25. The molecule has 8 heteroatoms. The maximum atomic E-state index is 12.5. The summed E-state index contributed by atoms with van der Waals surface area (Å²) in [6, 6.07) is -0.206. The minimum Gasteiger partial charge on any atom is -0.348 e. The number of amides is 1. The maximum Gasteiger partial charge on any atom is 0.436 e. The smallest absolute Gasteiger partial charge is 0.348 e. The Hall–Kier alpha value is -1.24. The number of hydrogen-bond donors (Lipinski definition) is 1. The number of carbonyl (C=O) groups is 1. The van der Waals surface area contributed by atoms with Crippen LogP contribution in [-0.4, -0.2) is 21.7 Å². The minimum absolute atomic E-state index is 0.206. The second-order valence-electron chi connectivity index (χ2n) is 3.76. The minimum atomic E-state index is -4.68. The molecule has 17 heavy (non-hydrogen) atoms. The van der Waals surface area contributed by atoms with Gasteiger partial charge in [0.25, 0.3) is 5.91 Å². The number of nitrogens with zero attached hydrogens (tertiary/aromatic N) is 2. The number of carbonyl (C=O) groups excluding carboxylic acids is 1. The zero-order valence-electron chi connectivity index (χ0n) is 9.39. The molecule has 1 rings (SSSR count). The Kier molecular flexibility index (Phi) is 3.71. The number of hydrogen-bond acceptors (Lipinski definition) is 2. The molecular weight excluding hydrogens is 259 g/mol. The van der Waals surface area contributed by atoms with Gasteiger partial charge in [-0.3, -0.25) is 9.48 Å². The fraction of sp³-hybridized carbons (Fsp3) is 0.556. The van der Waals surface area contributed by atoms with Crippen LogP contribution in [0.15, 0.2) is 0 Å². The predicted octanol–water partition coefficient (Wildman–Crippen LogP) is 2.23. The quantitative estimate of drug-likeness (QED) is 0.895. The number of aryl methyl sites for hydroxylation is 1. The Morgan fingerprint density at radius 3 is 2.35 bits per heavy atom. The van der Waals surface area contributed by atoms with E-state index in [0.29, 0.717) is 0 Å². The predicted molar refractivity (Wildman–Crippen MR) is 55.8 cm³/mol. The molecule has 0 aliphatic carbocycles. The van der Waals surface area contributed by atoms with Crippen molar-refractivity contribution in [2.24, 2.45) is 7.05 Å². The number of rotatable bonds is 2. The van der Waals surface area contributed by atoms with Gasteiger partial charge in [-0.25, -0.2) is 0 Å². The summed E-state index contributed by atoms with van der Waals surface area (Å²) < 4.78 is 38.3. The molecule has 0 aliphatic heterocycles. The van der Waals surface area contributed by atoms with Crippen LogP contribution < -0.4 is 5.32 Å². The molecule has 96 valence electrons. The van der Waals surface area contributed by atoms with Gasteiger partial charge < -0.3 is 5.32 Å². The molecule has 0 fully saturated rings. The van der Waals surface area contributed by atoms with Crippen LogP contribution in [0, 0.1) is 0 Å². The van der Waals surface area contributed by atoms with Crippen molar-refractivity contribution >= 4 is 17.5 Å². The molecule has 0 radical (unpaired) electrons. The lowest BCUT2D eigenvalue weighted by Gasteiger charge is -2.08. The van der Waals surface area contributed by atoms with E-state index in [1.165, 1.54) is 7.05 Å². The van der Waals surface area contributed by atoms with E-state index in [1.807, 2.05) is 0 Å².